The average Bonchev–Trinajstić information content (AvgIpc) is 3.13. The first-order chi connectivity index (χ1) is 13.2. The van der Waals surface area contributed by atoms with Crippen molar-refractivity contribution in [2.75, 3.05) is 12.1 Å². The number of carbonyl (C=O) groups excluding carboxylic acids is 1. The molecule has 0 radical (unpaired) electrons. The number of nitrogens with zero attached hydrogens (tertiary/aromatic N) is 1. The first kappa shape index (κ1) is 17.7. The highest BCUT2D eigenvalue weighted by molar-refractivity contribution is 6.30. The lowest BCUT2D eigenvalue weighted by molar-refractivity contribution is 0.135. The number of nitrogens with one attached hydrogen (secondary N) is 2. The van der Waals surface area contributed by atoms with Gasteiger partial charge in [0.15, 0.2) is 11.5 Å². The van der Waals surface area contributed by atoms with E-state index in [0.717, 1.165) is 25.7 Å². The summed E-state index contributed by atoms with van der Waals surface area (Å²) in [6.07, 6.45) is 5.11. The third-order valence-corrected chi connectivity index (χ3v) is 4.85. The second-order valence-corrected chi connectivity index (χ2v) is 7.01. The highest BCUT2D eigenvalue weighted by Crippen LogP contribution is 2.34. The maximum atomic E-state index is 12.2. The Hall–Kier alpha value is -2.67. The van der Waals surface area contributed by atoms with Gasteiger partial charge in [-0.1, -0.05) is 11.6 Å². The predicted octanol–water partition coefficient (Wildman–Crippen LogP) is 3.98. The van der Waals surface area contributed by atoms with Crippen LogP contribution in [0.2, 0.25) is 5.02 Å². The summed E-state index contributed by atoms with van der Waals surface area (Å²) in [5.74, 6) is 1.91. The number of rotatable bonds is 4. The fourth-order valence-corrected chi connectivity index (χ4v) is 3.37. The first-order valence-corrected chi connectivity index (χ1v) is 9.29. The summed E-state index contributed by atoms with van der Waals surface area (Å²) in [4.78, 5) is 16.4. The van der Waals surface area contributed by atoms with Crippen molar-refractivity contribution in [2.24, 2.45) is 0 Å². The topological polar surface area (TPSA) is 81.7 Å². The summed E-state index contributed by atoms with van der Waals surface area (Å²) < 4.78 is 16.5. The lowest BCUT2D eigenvalue weighted by atomic mass is 9.93. The van der Waals surface area contributed by atoms with Crippen molar-refractivity contribution in [3.05, 3.63) is 41.6 Å². The molecule has 0 unspecified atom stereocenters. The number of anilines is 1. The molecule has 2 aromatic rings. The van der Waals surface area contributed by atoms with Gasteiger partial charge in [0.2, 0.25) is 12.7 Å². The van der Waals surface area contributed by atoms with Crippen molar-refractivity contribution in [2.45, 2.75) is 37.8 Å². The molecule has 1 aromatic heterocycles. The van der Waals surface area contributed by atoms with E-state index in [-0.39, 0.29) is 25.0 Å². The second-order valence-electron chi connectivity index (χ2n) is 6.57. The van der Waals surface area contributed by atoms with Crippen molar-refractivity contribution in [1.29, 1.82) is 0 Å². The van der Waals surface area contributed by atoms with Crippen LogP contribution in [0.25, 0.3) is 0 Å². The zero-order valence-corrected chi connectivity index (χ0v) is 15.4. The molecule has 142 valence electrons. The second kappa shape index (κ2) is 7.92. The van der Waals surface area contributed by atoms with E-state index in [0.29, 0.717) is 28.1 Å². The van der Waals surface area contributed by atoms with Crippen LogP contribution in [0.1, 0.15) is 25.7 Å². The molecule has 7 nitrogen and oxygen atoms in total. The Kier molecular flexibility index (Phi) is 5.20. The van der Waals surface area contributed by atoms with Gasteiger partial charge in [-0.3, -0.25) is 0 Å². The van der Waals surface area contributed by atoms with Gasteiger partial charge < -0.3 is 24.8 Å². The number of aromatic nitrogens is 1. The third-order valence-electron chi connectivity index (χ3n) is 4.63. The van der Waals surface area contributed by atoms with Gasteiger partial charge in [0, 0.05) is 30.1 Å². The van der Waals surface area contributed by atoms with Gasteiger partial charge in [-0.15, -0.1) is 0 Å². The molecule has 2 heterocycles. The molecule has 2 amide bonds. The number of fused-ring (bicyclic) bond motifs is 1. The Morgan fingerprint density at radius 1 is 1.11 bits per heavy atom. The first-order valence-electron chi connectivity index (χ1n) is 8.91. The number of carbonyl (C=O) groups is 1. The lowest BCUT2D eigenvalue weighted by Crippen LogP contribution is -2.41. The van der Waals surface area contributed by atoms with Gasteiger partial charge in [-0.2, -0.15) is 0 Å². The van der Waals surface area contributed by atoms with Crippen molar-refractivity contribution >= 4 is 23.3 Å². The quantitative estimate of drug-likeness (QED) is 0.826. The predicted molar refractivity (Wildman–Crippen MR) is 101 cm³/mol. The van der Waals surface area contributed by atoms with Crippen LogP contribution in [0.4, 0.5) is 10.5 Å². The summed E-state index contributed by atoms with van der Waals surface area (Å²) >= 11 is 5.83. The number of halogens is 1. The number of hydrogen-bond acceptors (Lipinski definition) is 5. The molecule has 1 saturated carbocycles. The van der Waals surface area contributed by atoms with Crippen LogP contribution in [0, 0.1) is 0 Å². The van der Waals surface area contributed by atoms with Gasteiger partial charge in [-0.05, 0) is 43.9 Å². The van der Waals surface area contributed by atoms with E-state index in [2.05, 4.69) is 15.6 Å². The molecule has 1 fully saturated rings. The summed E-state index contributed by atoms with van der Waals surface area (Å²) in [7, 11) is 0. The van der Waals surface area contributed by atoms with Gasteiger partial charge in [-0.25, -0.2) is 9.78 Å². The summed E-state index contributed by atoms with van der Waals surface area (Å²) in [6.45, 7) is 0.210. The minimum atomic E-state index is -0.224. The third kappa shape index (κ3) is 4.54. The van der Waals surface area contributed by atoms with Crippen LogP contribution in [-0.4, -0.2) is 30.0 Å². The molecule has 0 bridgehead atoms. The van der Waals surface area contributed by atoms with E-state index in [9.17, 15) is 4.79 Å². The molecule has 2 aliphatic rings. The Labute approximate surface area is 162 Å². The number of hydrogen-bond donors (Lipinski definition) is 2. The van der Waals surface area contributed by atoms with Crippen molar-refractivity contribution < 1.29 is 19.0 Å². The van der Waals surface area contributed by atoms with Crippen LogP contribution in [0.3, 0.4) is 0 Å². The van der Waals surface area contributed by atoms with E-state index >= 15 is 0 Å². The van der Waals surface area contributed by atoms with Crippen LogP contribution < -0.4 is 24.8 Å². The summed E-state index contributed by atoms with van der Waals surface area (Å²) in [5, 5.41) is 6.44. The molecular weight excluding hydrogens is 370 g/mol. The summed E-state index contributed by atoms with van der Waals surface area (Å²) in [5.41, 5.74) is 0.669. The standard InChI is InChI=1S/C19H20ClN3O4/c20-12-1-8-18(21-10-12)27-15-5-2-13(3-6-15)22-19(24)23-14-4-7-16-17(9-14)26-11-25-16/h1,4,7-10,13,15H,2-3,5-6,11H2,(H2,22,23,24). The molecule has 1 aromatic carbocycles. The maximum absolute atomic E-state index is 12.2. The number of pyridine rings is 1. The van der Waals surface area contributed by atoms with Gasteiger partial charge in [0.25, 0.3) is 0 Å². The molecule has 0 saturated heterocycles. The van der Waals surface area contributed by atoms with Crippen LogP contribution in [-0.2, 0) is 0 Å². The minimum Gasteiger partial charge on any atom is -0.474 e. The van der Waals surface area contributed by atoms with E-state index < -0.39 is 0 Å². The molecule has 2 N–H and O–H groups in total. The zero-order chi connectivity index (χ0) is 18.6. The van der Waals surface area contributed by atoms with Crippen LogP contribution >= 0.6 is 11.6 Å². The van der Waals surface area contributed by atoms with Crippen molar-refractivity contribution in [3.8, 4) is 17.4 Å². The average molecular weight is 390 g/mol. The molecule has 4 rings (SSSR count). The molecule has 8 heteroatoms. The monoisotopic (exact) mass is 389 g/mol. The van der Waals surface area contributed by atoms with Gasteiger partial charge >= 0.3 is 6.03 Å². The SMILES string of the molecule is O=C(Nc1ccc2c(c1)OCO2)NC1CCC(Oc2ccc(Cl)cn2)CC1. The van der Waals surface area contributed by atoms with Crippen molar-refractivity contribution in [1.82, 2.24) is 10.3 Å². The Bertz CT molecular complexity index is 807. The molecule has 27 heavy (non-hydrogen) atoms. The van der Waals surface area contributed by atoms with E-state index in [1.807, 2.05) is 0 Å². The zero-order valence-electron chi connectivity index (χ0n) is 14.6. The van der Waals surface area contributed by atoms with E-state index in [1.54, 1.807) is 36.5 Å². The highest BCUT2D eigenvalue weighted by atomic mass is 35.5. The Morgan fingerprint density at radius 3 is 2.70 bits per heavy atom. The number of amides is 2. The maximum Gasteiger partial charge on any atom is 0.319 e. The van der Waals surface area contributed by atoms with Gasteiger partial charge in [0.05, 0.1) is 5.02 Å². The fourth-order valence-electron chi connectivity index (χ4n) is 3.25. The van der Waals surface area contributed by atoms with Crippen LogP contribution in [0.5, 0.6) is 17.4 Å². The molecule has 0 atom stereocenters. The molecule has 1 aliphatic heterocycles. The largest absolute Gasteiger partial charge is 0.474 e. The fraction of sp³-hybridized carbons (Fsp3) is 0.368. The Balaban J connectivity index is 1.23. The molecule has 1 aliphatic carbocycles. The van der Waals surface area contributed by atoms with Crippen LogP contribution in [0.15, 0.2) is 36.5 Å². The van der Waals surface area contributed by atoms with E-state index in [4.69, 9.17) is 25.8 Å². The highest BCUT2D eigenvalue weighted by Gasteiger charge is 2.24. The Morgan fingerprint density at radius 2 is 1.93 bits per heavy atom. The summed E-state index contributed by atoms with van der Waals surface area (Å²) in [6, 6.07) is 8.76. The number of benzene rings is 1. The molecule has 0 spiro atoms. The smallest absolute Gasteiger partial charge is 0.319 e. The van der Waals surface area contributed by atoms with E-state index in [1.165, 1.54) is 0 Å². The normalized spacial score (nSPS) is 20.8. The minimum absolute atomic E-state index is 0.105. The van der Waals surface area contributed by atoms with Crippen molar-refractivity contribution in [3.63, 3.8) is 0 Å². The number of ether oxygens (including phenoxy) is 3. The van der Waals surface area contributed by atoms with Gasteiger partial charge in [0.1, 0.15) is 6.10 Å². The molecular formula is C19H20ClN3O4. The number of urea groups is 1. The lowest BCUT2D eigenvalue weighted by Gasteiger charge is -2.29.